The molecule has 1 N–H and O–H groups in total. The Morgan fingerprint density at radius 1 is 1.23 bits per heavy atom. The van der Waals surface area contributed by atoms with E-state index >= 15 is 0 Å². The van der Waals surface area contributed by atoms with Crippen LogP contribution in [0.1, 0.15) is 70.9 Å². The zero-order valence-corrected chi connectivity index (χ0v) is 23.7. The highest BCUT2D eigenvalue weighted by Gasteiger charge is 2.68. The summed E-state index contributed by atoms with van der Waals surface area (Å²) in [6.07, 6.45) is 5.85. The van der Waals surface area contributed by atoms with Crippen LogP contribution >= 0.6 is 0 Å². The van der Waals surface area contributed by atoms with Gasteiger partial charge in [-0.2, -0.15) is 0 Å². The number of esters is 2. The van der Waals surface area contributed by atoms with Gasteiger partial charge in [-0.25, -0.2) is 14.0 Å². The van der Waals surface area contributed by atoms with Crippen LogP contribution in [-0.2, 0) is 23.9 Å². The van der Waals surface area contributed by atoms with Crippen LogP contribution in [0.15, 0.2) is 36.9 Å². The van der Waals surface area contributed by atoms with Crippen molar-refractivity contribution in [1.29, 1.82) is 0 Å². The van der Waals surface area contributed by atoms with Crippen molar-refractivity contribution in [1.82, 2.24) is 0 Å². The lowest BCUT2D eigenvalue weighted by Crippen LogP contribution is -2.63. The molecule has 3 aliphatic rings. The van der Waals surface area contributed by atoms with Crippen molar-refractivity contribution in [3.05, 3.63) is 53.9 Å². The molecule has 6 nitrogen and oxygen atoms in total. The van der Waals surface area contributed by atoms with Crippen LogP contribution in [0.5, 0.6) is 0 Å². The summed E-state index contributed by atoms with van der Waals surface area (Å²) < 4.78 is 25.2. The lowest BCUT2D eigenvalue weighted by molar-refractivity contribution is -0.208. The SMILES string of the molecule is C=C[C@]1(C)C[C@@H](OC(=O)COC(=O)/C=C/c2ccc(C)cc2F)[C@]2(C)[C@H](C)CC[C@]3(CCC(=O)[C@H]32)[C@@H](C)[C@@H]1O. The standard InChI is InChI=1S/C32H41FO6/c1-7-30(5)17-25(39-27(36)18-38-26(35)11-10-22-9-8-19(2)16-23(22)33)31(6)20(3)12-14-32(21(4)29(30)37)15-13-24(34)28(31)32/h7-11,16,20-21,25,28-29,37H,1,12-15,17-18H2,2-6H3/b11-10+/t20-,21+,25-,28+,29+,30-,31+,32+/m1/s1. The summed E-state index contributed by atoms with van der Waals surface area (Å²) in [7, 11) is 0. The molecule has 7 heteroatoms. The van der Waals surface area contributed by atoms with Gasteiger partial charge in [0.15, 0.2) is 6.61 Å². The largest absolute Gasteiger partial charge is 0.459 e. The van der Waals surface area contributed by atoms with E-state index in [0.29, 0.717) is 12.8 Å². The van der Waals surface area contributed by atoms with E-state index in [0.717, 1.165) is 30.9 Å². The van der Waals surface area contributed by atoms with Crippen LogP contribution < -0.4 is 0 Å². The van der Waals surface area contributed by atoms with Gasteiger partial charge in [0.1, 0.15) is 17.7 Å². The average molecular weight is 541 g/mol. The van der Waals surface area contributed by atoms with Gasteiger partial charge in [0, 0.05) is 34.8 Å². The fourth-order valence-electron chi connectivity index (χ4n) is 7.80. The molecule has 0 saturated heterocycles. The number of carbonyl (C=O) groups is 3. The molecule has 39 heavy (non-hydrogen) atoms. The highest BCUT2D eigenvalue weighted by molar-refractivity contribution is 5.88. The molecule has 1 aromatic carbocycles. The quantitative estimate of drug-likeness (QED) is 0.287. The summed E-state index contributed by atoms with van der Waals surface area (Å²) in [4.78, 5) is 38.8. The Labute approximate surface area is 230 Å². The zero-order chi connectivity index (χ0) is 28.8. The summed E-state index contributed by atoms with van der Waals surface area (Å²) in [6.45, 7) is 13.3. The van der Waals surface area contributed by atoms with Crippen LogP contribution in [0.4, 0.5) is 4.39 Å². The predicted octanol–water partition coefficient (Wildman–Crippen LogP) is 5.60. The molecular formula is C32H41FO6. The van der Waals surface area contributed by atoms with E-state index in [2.05, 4.69) is 27.4 Å². The molecular weight excluding hydrogens is 499 g/mol. The van der Waals surface area contributed by atoms with Crippen molar-refractivity contribution in [3.63, 3.8) is 0 Å². The maximum atomic E-state index is 14.0. The molecule has 0 aromatic heterocycles. The average Bonchev–Trinajstić information content (AvgIpc) is 3.25. The number of ether oxygens (including phenoxy) is 2. The third kappa shape index (κ3) is 4.99. The number of rotatable bonds is 6. The molecule has 1 aromatic rings. The number of halogens is 1. The number of hydrogen-bond donors (Lipinski definition) is 1. The Morgan fingerprint density at radius 3 is 2.62 bits per heavy atom. The summed E-state index contributed by atoms with van der Waals surface area (Å²) in [6, 6.07) is 4.65. The molecule has 0 radical (unpaired) electrons. The van der Waals surface area contributed by atoms with E-state index in [4.69, 9.17) is 9.47 Å². The number of benzene rings is 1. The number of Topliss-reactive ketones (excluding diaryl/α,β-unsaturated/α-hetero) is 1. The van der Waals surface area contributed by atoms with E-state index in [1.807, 2.05) is 6.92 Å². The first-order valence-electron chi connectivity index (χ1n) is 13.9. The van der Waals surface area contributed by atoms with E-state index in [1.165, 1.54) is 12.1 Å². The number of aliphatic hydroxyl groups is 1. The molecule has 4 rings (SSSR count). The van der Waals surface area contributed by atoms with Gasteiger partial charge in [0.25, 0.3) is 0 Å². The molecule has 8 atom stereocenters. The molecule has 0 spiro atoms. The van der Waals surface area contributed by atoms with E-state index in [-0.39, 0.29) is 34.5 Å². The van der Waals surface area contributed by atoms with Crippen molar-refractivity contribution in [2.24, 2.45) is 34.0 Å². The van der Waals surface area contributed by atoms with Gasteiger partial charge in [0.2, 0.25) is 0 Å². The second kappa shape index (κ2) is 10.6. The second-order valence-corrected chi connectivity index (χ2v) is 12.5. The molecule has 212 valence electrons. The fraction of sp³-hybridized carbons (Fsp3) is 0.594. The minimum atomic E-state index is -0.799. The molecule has 3 aliphatic carbocycles. The second-order valence-electron chi connectivity index (χ2n) is 12.5. The fourth-order valence-corrected chi connectivity index (χ4v) is 7.80. The minimum Gasteiger partial charge on any atom is -0.459 e. The summed E-state index contributed by atoms with van der Waals surface area (Å²) in [5, 5.41) is 11.6. The Hall–Kier alpha value is -2.80. The predicted molar refractivity (Wildman–Crippen MR) is 146 cm³/mol. The first kappa shape index (κ1) is 29.2. The Kier molecular flexibility index (Phi) is 7.96. The molecule has 0 heterocycles. The number of ketones is 1. The van der Waals surface area contributed by atoms with Crippen LogP contribution in [0.25, 0.3) is 6.08 Å². The summed E-state index contributed by atoms with van der Waals surface area (Å²) >= 11 is 0. The van der Waals surface area contributed by atoms with Crippen molar-refractivity contribution in [2.45, 2.75) is 78.9 Å². The maximum Gasteiger partial charge on any atom is 0.344 e. The first-order valence-corrected chi connectivity index (χ1v) is 13.9. The molecule has 0 amide bonds. The molecule has 3 fully saturated rings. The van der Waals surface area contributed by atoms with Crippen molar-refractivity contribution < 1.29 is 33.4 Å². The van der Waals surface area contributed by atoms with Gasteiger partial charge in [-0.3, -0.25) is 4.79 Å². The molecule has 2 bridgehead atoms. The van der Waals surface area contributed by atoms with Gasteiger partial charge >= 0.3 is 11.9 Å². The summed E-state index contributed by atoms with van der Waals surface area (Å²) in [5.41, 5.74) is -0.766. The number of aliphatic hydroxyl groups excluding tert-OH is 1. The Balaban J connectivity index is 1.55. The van der Waals surface area contributed by atoms with Crippen LogP contribution in [0.2, 0.25) is 0 Å². The number of carbonyl (C=O) groups excluding carboxylic acids is 3. The lowest BCUT2D eigenvalue weighted by atomic mass is 9.44. The maximum absolute atomic E-state index is 14.0. The van der Waals surface area contributed by atoms with Crippen LogP contribution in [-0.4, -0.2) is 41.6 Å². The van der Waals surface area contributed by atoms with Crippen LogP contribution in [0.3, 0.4) is 0 Å². The minimum absolute atomic E-state index is 0.0990. The monoisotopic (exact) mass is 540 g/mol. The highest BCUT2D eigenvalue weighted by atomic mass is 19.1. The van der Waals surface area contributed by atoms with E-state index in [1.54, 1.807) is 25.1 Å². The molecule has 0 unspecified atom stereocenters. The third-order valence-corrected chi connectivity index (χ3v) is 10.5. The van der Waals surface area contributed by atoms with Crippen molar-refractivity contribution >= 4 is 23.8 Å². The van der Waals surface area contributed by atoms with Gasteiger partial charge in [-0.05, 0) is 67.6 Å². The smallest absolute Gasteiger partial charge is 0.344 e. The third-order valence-electron chi connectivity index (χ3n) is 10.5. The first-order chi connectivity index (χ1) is 18.3. The van der Waals surface area contributed by atoms with E-state index in [9.17, 15) is 23.9 Å². The number of aryl methyl sites for hydroxylation is 1. The van der Waals surface area contributed by atoms with Crippen LogP contribution in [0, 0.1) is 46.7 Å². The van der Waals surface area contributed by atoms with Crippen molar-refractivity contribution in [3.8, 4) is 0 Å². The zero-order valence-electron chi connectivity index (χ0n) is 23.7. The highest BCUT2D eigenvalue weighted by Crippen LogP contribution is 2.68. The van der Waals surface area contributed by atoms with Crippen molar-refractivity contribution in [2.75, 3.05) is 6.61 Å². The Morgan fingerprint density at radius 2 is 1.95 bits per heavy atom. The molecule has 3 saturated carbocycles. The van der Waals surface area contributed by atoms with E-state index < -0.39 is 47.4 Å². The van der Waals surface area contributed by atoms with Gasteiger partial charge in [0.05, 0.1) is 6.10 Å². The van der Waals surface area contributed by atoms with Gasteiger partial charge in [-0.15, -0.1) is 6.58 Å². The topological polar surface area (TPSA) is 89.9 Å². The lowest BCUT2D eigenvalue weighted by Gasteiger charge is -2.61. The normalized spacial score (nSPS) is 38.0. The van der Waals surface area contributed by atoms with Gasteiger partial charge < -0.3 is 14.6 Å². The summed E-state index contributed by atoms with van der Waals surface area (Å²) in [5.74, 6) is -2.17. The Bertz CT molecular complexity index is 1190. The van der Waals surface area contributed by atoms with Gasteiger partial charge in [-0.1, -0.05) is 45.9 Å². The number of hydrogen-bond acceptors (Lipinski definition) is 6. The molecule has 0 aliphatic heterocycles.